The van der Waals surface area contributed by atoms with Crippen LogP contribution in [0.25, 0.3) is 0 Å². The average Bonchev–Trinajstić information content (AvgIpc) is 2.96. The topological polar surface area (TPSA) is 70.7 Å². The highest BCUT2D eigenvalue weighted by Crippen LogP contribution is 2.21. The van der Waals surface area contributed by atoms with E-state index in [0.717, 1.165) is 5.56 Å². The number of halogens is 1. The highest BCUT2D eigenvalue weighted by molar-refractivity contribution is 9.10. The van der Waals surface area contributed by atoms with Crippen LogP contribution in [-0.4, -0.2) is 15.7 Å². The Hall–Kier alpha value is -2.91. The minimum Gasteiger partial charge on any atom is -0.304 e. The summed E-state index contributed by atoms with van der Waals surface area (Å²) in [6.45, 7) is 2.66. The second kappa shape index (κ2) is 7.32. The van der Waals surface area contributed by atoms with E-state index in [1.54, 1.807) is 28.9 Å². The van der Waals surface area contributed by atoms with E-state index in [2.05, 4.69) is 50.6 Å². The summed E-state index contributed by atoms with van der Waals surface area (Å²) in [6, 6.07) is 16.7. The van der Waals surface area contributed by atoms with Crippen LogP contribution in [0.1, 0.15) is 27.0 Å². The lowest BCUT2D eigenvalue weighted by molar-refractivity contribution is 0.102. The first-order chi connectivity index (χ1) is 12.0. The maximum absolute atomic E-state index is 12.3. The largest absolute Gasteiger partial charge is 0.304 e. The van der Waals surface area contributed by atoms with Crippen molar-refractivity contribution in [3.63, 3.8) is 0 Å². The van der Waals surface area contributed by atoms with Crippen molar-refractivity contribution in [3.8, 4) is 6.07 Å². The predicted octanol–water partition coefficient (Wildman–Crippen LogP) is 4.13. The van der Waals surface area contributed by atoms with Crippen LogP contribution in [0.15, 0.2) is 59.2 Å². The molecule has 0 bridgehead atoms. The van der Waals surface area contributed by atoms with Crippen LogP contribution < -0.4 is 5.32 Å². The highest BCUT2D eigenvalue weighted by Gasteiger charge is 2.12. The van der Waals surface area contributed by atoms with Gasteiger partial charge in [0.15, 0.2) is 5.82 Å². The molecule has 3 rings (SSSR count). The summed E-state index contributed by atoms with van der Waals surface area (Å²) < 4.78 is 2.48. The molecule has 124 valence electrons. The summed E-state index contributed by atoms with van der Waals surface area (Å²) in [5.41, 5.74) is 3.32. The molecule has 0 radical (unpaired) electrons. The molecular weight excluding hydrogens is 380 g/mol. The molecule has 0 saturated heterocycles. The first kappa shape index (κ1) is 16.9. The minimum atomic E-state index is -0.272. The van der Waals surface area contributed by atoms with Gasteiger partial charge >= 0.3 is 0 Å². The Bertz CT molecular complexity index is 937. The molecule has 1 heterocycles. The SMILES string of the molecule is Cc1ccc(Cn2cc(Br)c(NC(=O)c3ccc(C#N)cc3)n2)cc1. The lowest BCUT2D eigenvalue weighted by Gasteiger charge is -2.04. The number of hydrogen-bond acceptors (Lipinski definition) is 3. The number of rotatable bonds is 4. The molecule has 1 amide bonds. The van der Waals surface area contributed by atoms with Gasteiger partial charge in [-0.2, -0.15) is 10.4 Å². The number of aryl methyl sites for hydroxylation is 1. The maximum Gasteiger partial charge on any atom is 0.256 e. The first-order valence-electron chi connectivity index (χ1n) is 7.65. The molecule has 0 unspecified atom stereocenters. The monoisotopic (exact) mass is 394 g/mol. The molecule has 5 nitrogen and oxygen atoms in total. The van der Waals surface area contributed by atoms with E-state index in [9.17, 15) is 4.79 Å². The summed E-state index contributed by atoms with van der Waals surface area (Å²) in [7, 11) is 0. The first-order valence-corrected chi connectivity index (χ1v) is 8.44. The molecule has 0 aliphatic rings. The number of anilines is 1. The Morgan fingerprint density at radius 1 is 1.20 bits per heavy atom. The summed E-state index contributed by atoms with van der Waals surface area (Å²) >= 11 is 3.42. The fourth-order valence-corrected chi connectivity index (χ4v) is 2.73. The fourth-order valence-electron chi connectivity index (χ4n) is 2.32. The third kappa shape index (κ3) is 4.14. The van der Waals surface area contributed by atoms with Crippen molar-refractivity contribution in [1.29, 1.82) is 5.26 Å². The Morgan fingerprint density at radius 2 is 1.88 bits per heavy atom. The molecule has 0 saturated carbocycles. The van der Waals surface area contributed by atoms with Gasteiger partial charge in [0.1, 0.15) is 0 Å². The maximum atomic E-state index is 12.3. The fraction of sp³-hybridized carbons (Fsp3) is 0.105. The number of carbonyl (C=O) groups is 1. The molecule has 0 atom stereocenters. The van der Waals surface area contributed by atoms with Crippen LogP contribution in [0.2, 0.25) is 0 Å². The van der Waals surface area contributed by atoms with Crippen molar-refractivity contribution < 1.29 is 4.79 Å². The highest BCUT2D eigenvalue weighted by atomic mass is 79.9. The van der Waals surface area contributed by atoms with Gasteiger partial charge in [0.25, 0.3) is 5.91 Å². The van der Waals surface area contributed by atoms with Gasteiger partial charge in [-0.15, -0.1) is 0 Å². The van der Waals surface area contributed by atoms with E-state index in [1.807, 2.05) is 19.2 Å². The molecular formula is C19H15BrN4O. The molecule has 3 aromatic rings. The van der Waals surface area contributed by atoms with Gasteiger partial charge in [0.2, 0.25) is 0 Å². The molecule has 0 fully saturated rings. The van der Waals surface area contributed by atoms with Gasteiger partial charge in [-0.3, -0.25) is 9.48 Å². The third-order valence-corrected chi connectivity index (χ3v) is 4.27. The lowest BCUT2D eigenvalue weighted by Crippen LogP contribution is -2.13. The smallest absolute Gasteiger partial charge is 0.256 e. The van der Waals surface area contributed by atoms with Crippen LogP contribution in [-0.2, 0) is 6.54 Å². The molecule has 1 N–H and O–H groups in total. The second-order valence-electron chi connectivity index (χ2n) is 5.65. The Morgan fingerprint density at radius 3 is 2.52 bits per heavy atom. The number of nitrogens with zero attached hydrogens (tertiary/aromatic N) is 3. The van der Waals surface area contributed by atoms with Crippen molar-refractivity contribution in [2.45, 2.75) is 13.5 Å². The standard InChI is InChI=1S/C19H15BrN4O/c1-13-2-4-15(5-3-13)11-24-12-17(20)18(23-24)22-19(25)16-8-6-14(10-21)7-9-16/h2-9,12H,11H2,1H3,(H,22,23,25). The number of hydrogen-bond donors (Lipinski definition) is 1. The van der Waals surface area contributed by atoms with Crippen molar-refractivity contribution in [2.24, 2.45) is 0 Å². The average molecular weight is 395 g/mol. The number of nitriles is 1. The predicted molar refractivity (Wildman–Crippen MR) is 99.3 cm³/mol. The molecule has 25 heavy (non-hydrogen) atoms. The normalized spacial score (nSPS) is 10.3. The third-order valence-electron chi connectivity index (χ3n) is 3.69. The van der Waals surface area contributed by atoms with E-state index in [4.69, 9.17) is 5.26 Å². The van der Waals surface area contributed by atoms with Gasteiger partial charge in [-0.25, -0.2) is 0 Å². The summed E-state index contributed by atoms with van der Waals surface area (Å²) in [4.78, 5) is 12.3. The van der Waals surface area contributed by atoms with Gasteiger partial charge in [0, 0.05) is 11.8 Å². The number of carbonyl (C=O) groups excluding carboxylic acids is 1. The molecule has 0 aliphatic heterocycles. The van der Waals surface area contributed by atoms with E-state index in [-0.39, 0.29) is 5.91 Å². The zero-order valence-electron chi connectivity index (χ0n) is 13.5. The lowest BCUT2D eigenvalue weighted by atomic mass is 10.1. The van der Waals surface area contributed by atoms with E-state index >= 15 is 0 Å². The number of nitrogens with one attached hydrogen (secondary N) is 1. The Balaban J connectivity index is 1.72. The van der Waals surface area contributed by atoms with Crippen LogP contribution in [0.4, 0.5) is 5.82 Å². The molecule has 0 aliphatic carbocycles. The molecule has 6 heteroatoms. The van der Waals surface area contributed by atoms with Crippen LogP contribution >= 0.6 is 15.9 Å². The van der Waals surface area contributed by atoms with Crippen molar-refractivity contribution >= 4 is 27.7 Å². The van der Waals surface area contributed by atoms with Crippen molar-refractivity contribution in [1.82, 2.24) is 9.78 Å². The Labute approximate surface area is 154 Å². The van der Waals surface area contributed by atoms with Crippen LogP contribution in [0.3, 0.4) is 0 Å². The van der Waals surface area contributed by atoms with Crippen molar-refractivity contribution in [2.75, 3.05) is 5.32 Å². The van der Waals surface area contributed by atoms with Gasteiger partial charge in [-0.1, -0.05) is 29.8 Å². The van der Waals surface area contributed by atoms with Crippen LogP contribution in [0, 0.1) is 18.3 Å². The van der Waals surface area contributed by atoms with Crippen LogP contribution in [0.5, 0.6) is 0 Å². The molecule has 1 aromatic heterocycles. The van der Waals surface area contributed by atoms with Crippen molar-refractivity contribution in [3.05, 3.63) is 81.5 Å². The summed E-state index contributed by atoms with van der Waals surface area (Å²) in [5.74, 6) is 0.187. The molecule has 0 spiro atoms. The minimum absolute atomic E-state index is 0.272. The van der Waals surface area contributed by atoms with Gasteiger partial charge < -0.3 is 5.32 Å². The summed E-state index contributed by atoms with van der Waals surface area (Å²) in [5, 5.41) is 16.0. The van der Waals surface area contributed by atoms with Gasteiger partial charge in [0.05, 0.1) is 22.7 Å². The van der Waals surface area contributed by atoms with E-state index < -0.39 is 0 Å². The number of amides is 1. The Kier molecular flexibility index (Phi) is 4.96. The van der Waals surface area contributed by atoms with E-state index in [0.29, 0.717) is 28.0 Å². The zero-order valence-corrected chi connectivity index (χ0v) is 15.1. The zero-order chi connectivity index (χ0) is 17.8. The molecule has 2 aromatic carbocycles. The quantitative estimate of drug-likeness (QED) is 0.722. The number of benzene rings is 2. The second-order valence-corrected chi connectivity index (χ2v) is 6.51. The summed E-state index contributed by atoms with van der Waals surface area (Å²) in [6.07, 6.45) is 1.83. The number of aromatic nitrogens is 2. The van der Waals surface area contributed by atoms with E-state index in [1.165, 1.54) is 5.56 Å². The van der Waals surface area contributed by atoms with Gasteiger partial charge in [-0.05, 0) is 52.7 Å².